The van der Waals surface area contributed by atoms with E-state index in [1.807, 2.05) is 36.7 Å². The topological polar surface area (TPSA) is 64.5 Å². The molecular weight excluding hydrogens is 767 g/mol. The number of hydrogen-bond donors (Lipinski definition) is 0. The molecule has 0 saturated heterocycles. The molecule has 11 rings (SSSR count). The number of pyridine rings is 3. The van der Waals surface area contributed by atoms with Gasteiger partial charge in [0.25, 0.3) is 0 Å². The fourth-order valence-electron chi connectivity index (χ4n) is 8.54. The first kappa shape index (κ1) is 37.8. The van der Waals surface area contributed by atoms with Gasteiger partial charge in [-0.25, -0.2) is 15.0 Å². The van der Waals surface area contributed by atoms with Crippen molar-refractivity contribution in [2.75, 3.05) is 0 Å². The molecule has 0 atom stereocenters. The molecule has 0 fully saturated rings. The Kier molecular flexibility index (Phi) is 9.63. The molecule has 0 amide bonds. The maximum absolute atomic E-state index is 5.22. The van der Waals surface area contributed by atoms with Crippen molar-refractivity contribution in [3.63, 3.8) is 0 Å². The second-order valence-electron chi connectivity index (χ2n) is 16.3. The van der Waals surface area contributed by atoms with Gasteiger partial charge < -0.3 is 0 Å². The molecule has 4 heterocycles. The second-order valence-corrected chi connectivity index (χ2v) is 16.3. The SMILES string of the molecule is CC(C)c1cc(-c2ccc(-c3ccc(-c4cc(-c5ccccc5)nc(-c5cccc(-c6cccc7ccncc67)c5)n4)cc3)cc2)c2ccc3ccc(-c4ccccc4)nc3c2n1. The molecule has 5 nitrogen and oxygen atoms in total. The van der Waals surface area contributed by atoms with Gasteiger partial charge in [-0.15, -0.1) is 0 Å². The summed E-state index contributed by atoms with van der Waals surface area (Å²) in [6.45, 7) is 4.40. The number of hydrogen-bond acceptors (Lipinski definition) is 5. The van der Waals surface area contributed by atoms with Crippen LogP contribution in [0.2, 0.25) is 0 Å². The van der Waals surface area contributed by atoms with Gasteiger partial charge in [-0.05, 0) is 75.0 Å². The lowest BCUT2D eigenvalue weighted by molar-refractivity contribution is 0.831. The minimum atomic E-state index is 0.256. The van der Waals surface area contributed by atoms with Crippen molar-refractivity contribution >= 4 is 32.6 Å². The normalized spacial score (nSPS) is 11.5. The summed E-state index contributed by atoms with van der Waals surface area (Å²) in [5.41, 5.74) is 16.5. The first-order chi connectivity index (χ1) is 31.0. The molecule has 4 aromatic heterocycles. The molecule has 63 heavy (non-hydrogen) atoms. The Morgan fingerprint density at radius 2 is 0.952 bits per heavy atom. The fraction of sp³-hybridized carbons (Fsp3) is 0.0517. The number of benzene rings is 7. The number of nitrogens with zero attached hydrogens (tertiary/aromatic N) is 5. The summed E-state index contributed by atoms with van der Waals surface area (Å²) >= 11 is 0. The highest BCUT2D eigenvalue weighted by Crippen LogP contribution is 2.37. The lowest BCUT2D eigenvalue weighted by Gasteiger charge is -2.14. The zero-order valence-electron chi connectivity index (χ0n) is 34.9. The van der Waals surface area contributed by atoms with Crippen LogP contribution in [-0.2, 0) is 0 Å². The van der Waals surface area contributed by atoms with Crippen LogP contribution in [0.15, 0.2) is 207 Å². The number of fused-ring (bicyclic) bond motifs is 4. The van der Waals surface area contributed by atoms with Gasteiger partial charge in [0.1, 0.15) is 0 Å². The largest absolute Gasteiger partial charge is 0.264 e. The van der Waals surface area contributed by atoms with E-state index in [4.69, 9.17) is 19.9 Å². The van der Waals surface area contributed by atoms with Gasteiger partial charge in [0, 0.05) is 56.5 Å². The van der Waals surface area contributed by atoms with Crippen molar-refractivity contribution in [1.29, 1.82) is 0 Å². The monoisotopic (exact) mass is 807 g/mol. The smallest absolute Gasteiger partial charge is 0.160 e. The molecule has 0 aliphatic heterocycles. The second kappa shape index (κ2) is 16.0. The molecule has 7 aromatic carbocycles. The van der Waals surface area contributed by atoms with E-state index in [0.717, 1.165) is 111 Å². The van der Waals surface area contributed by atoms with Crippen LogP contribution in [0.3, 0.4) is 0 Å². The summed E-state index contributed by atoms with van der Waals surface area (Å²) in [7, 11) is 0. The van der Waals surface area contributed by atoms with E-state index in [0.29, 0.717) is 5.82 Å². The van der Waals surface area contributed by atoms with Crippen molar-refractivity contribution in [2.24, 2.45) is 0 Å². The summed E-state index contributed by atoms with van der Waals surface area (Å²) in [5.74, 6) is 0.933. The highest BCUT2D eigenvalue weighted by Gasteiger charge is 2.16. The Bertz CT molecular complexity index is 3450. The van der Waals surface area contributed by atoms with Crippen molar-refractivity contribution < 1.29 is 0 Å². The van der Waals surface area contributed by atoms with Crippen LogP contribution in [0.4, 0.5) is 0 Å². The van der Waals surface area contributed by atoms with Crippen molar-refractivity contribution in [3.05, 3.63) is 212 Å². The first-order valence-corrected chi connectivity index (χ1v) is 21.4. The number of aromatic nitrogens is 5. The molecule has 5 heteroatoms. The number of rotatable bonds is 8. The lowest BCUT2D eigenvalue weighted by atomic mass is 9.94. The van der Waals surface area contributed by atoms with E-state index in [9.17, 15) is 0 Å². The average Bonchev–Trinajstić information content (AvgIpc) is 3.36. The zero-order valence-corrected chi connectivity index (χ0v) is 34.9. The molecule has 0 unspecified atom stereocenters. The van der Waals surface area contributed by atoms with Gasteiger partial charge in [-0.2, -0.15) is 0 Å². The van der Waals surface area contributed by atoms with Crippen LogP contribution < -0.4 is 0 Å². The quantitative estimate of drug-likeness (QED) is 0.143. The highest BCUT2D eigenvalue weighted by atomic mass is 14.9. The molecule has 0 radical (unpaired) electrons. The van der Waals surface area contributed by atoms with Crippen LogP contribution in [0, 0.1) is 0 Å². The van der Waals surface area contributed by atoms with E-state index in [-0.39, 0.29) is 5.92 Å². The Hall–Kier alpha value is -8.15. The molecule has 11 aromatic rings. The standard InChI is InChI=1S/C58H41N5/c1-37(2)53-34-50(49-29-27-45-28-30-52(42-11-5-3-6-12-42)60-56(45)57(49)61-53)41-23-19-38(20-24-41)39-21-25-44(26-22-39)55-35-54(43-13-7-4-8-14-43)62-58(63-55)47-17-9-16-46(33-47)48-18-10-15-40-31-32-59-36-51(40)48/h3-37H,1-2H3. The minimum absolute atomic E-state index is 0.256. The minimum Gasteiger partial charge on any atom is -0.264 e. The predicted octanol–water partition coefficient (Wildman–Crippen LogP) is 14.9. The summed E-state index contributed by atoms with van der Waals surface area (Å²) < 4.78 is 0. The van der Waals surface area contributed by atoms with Gasteiger partial charge >= 0.3 is 0 Å². The van der Waals surface area contributed by atoms with Gasteiger partial charge in [-0.1, -0.05) is 178 Å². The fourth-order valence-corrected chi connectivity index (χ4v) is 8.54. The van der Waals surface area contributed by atoms with E-state index in [1.165, 1.54) is 0 Å². The van der Waals surface area contributed by atoms with Crippen LogP contribution in [-0.4, -0.2) is 24.9 Å². The van der Waals surface area contributed by atoms with Gasteiger partial charge in [-0.3, -0.25) is 9.97 Å². The summed E-state index contributed by atoms with van der Waals surface area (Å²) in [6, 6.07) is 68.1. The van der Waals surface area contributed by atoms with Crippen LogP contribution in [0.5, 0.6) is 0 Å². The zero-order chi connectivity index (χ0) is 42.3. The molecule has 0 aliphatic carbocycles. The van der Waals surface area contributed by atoms with Crippen molar-refractivity contribution in [2.45, 2.75) is 19.8 Å². The van der Waals surface area contributed by atoms with Crippen molar-refractivity contribution in [1.82, 2.24) is 24.9 Å². The van der Waals surface area contributed by atoms with Crippen molar-refractivity contribution in [3.8, 4) is 78.5 Å². The van der Waals surface area contributed by atoms with E-state index in [2.05, 4.69) is 189 Å². The van der Waals surface area contributed by atoms with E-state index >= 15 is 0 Å². The van der Waals surface area contributed by atoms with E-state index < -0.39 is 0 Å². The summed E-state index contributed by atoms with van der Waals surface area (Å²) in [5, 5.41) is 4.45. The van der Waals surface area contributed by atoms with Crippen LogP contribution in [0.25, 0.3) is 111 Å². The molecule has 0 aliphatic rings. The molecule has 0 bridgehead atoms. The average molecular weight is 808 g/mol. The summed E-state index contributed by atoms with van der Waals surface area (Å²) in [6.07, 6.45) is 3.77. The Morgan fingerprint density at radius 3 is 1.67 bits per heavy atom. The molecule has 298 valence electrons. The third kappa shape index (κ3) is 7.30. The third-order valence-corrected chi connectivity index (χ3v) is 11.9. The Labute approximate surface area is 366 Å². The Balaban J connectivity index is 0.935. The van der Waals surface area contributed by atoms with Crippen LogP contribution >= 0.6 is 0 Å². The highest BCUT2D eigenvalue weighted by molar-refractivity contribution is 6.09. The van der Waals surface area contributed by atoms with Gasteiger partial charge in [0.05, 0.1) is 28.1 Å². The Morgan fingerprint density at radius 1 is 0.349 bits per heavy atom. The summed E-state index contributed by atoms with van der Waals surface area (Å²) in [4.78, 5) is 25.1. The van der Waals surface area contributed by atoms with E-state index in [1.54, 1.807) is 0 Å². The molecule has 0 saturated carbocycles. The van der Waals surface area contributed by atoms with Gasteiger partial charge in [0.15, 0.2) is 5.82 Å². The lowest BCUT2D eigenvalue weighted by Crippen LogP contribution is -1.97. The van der Waals surface area contributed by atoms with Crippen LogP contribution in [0.1, 0.15) is 25.5 Å². The maximum atomic E-state index is 5.22. The molecule has 0 N–H and O–H groups in total. The third-order valence-electron chi connectivity index (χ3n) is 11.9. The molecular formula is C58H41N5. The van der Waals surface area contributed by atoms with Gasteiger partial charge in [0.2, 0.25) is 0 Å². The predicted molar refractivity (Wildman–Crippen MR) is 260 cm³/mol. The maximum Gasteiger partial charge on any atom is 0.160 e. The molecule has 0 spiro atoms. The first-order valence-electron chi connectivity index (χ1n) is 21.4.